The SMILES string of the molecule is O=c1scc(O)n1CCCCOc1cccn2cc(-c3ccccc3)nc12. The lowest BCUT2D eigenvalue weighted by Gasteiger charge is -2.07. The molecule has 6 nitrogen and oxygen atoms in total. The predicted octanol–water partition coefficient (Wildman–Crippen LogP) is 3.79. The van der Waals surface area contributed by atoms with E-state index < -0.39 is 0 Å². The zero-order valence-corrected chi connectivity index (χ0v) is 15.4. The van der Waals surface area contributed by atoms with Crippen molar-refractivity contribution in [2.24, 2.45) is 0 Å². The number of aromatic nitrogens is 3. The van der Waals surface area contributed by atoms with E-state index in [4.69, 9.17) is 9.72 Å². The van der Waals surface area contributed by atoms with Crippen molar-refractivity contribution in [1.82, 2.24) is 14.0 Å². The molecule has 7 heteroatoms. The Labute approximate surface area is 159 Å². The van der Waals surface area contributed by atoms with Gasteiger partial charge in [0.05, 0.1) is 17.7 Å². The van der Waals surface area contributed by atoms with Gasteiger partial charge in [0.15, 0.2) is 11.4 Å². The van der Waals surface area contributed by atoms with Gasteiger partial charge in [-0.2, -0.15) is 0 Å². The van der Waals surface area contributed by atoms with Crippen molar-refractivity contribution in [3.05, 3.63) is 69.9 Å². The van der Waals surface area contributed by atoms with Gasteiger partial charge in [0.1, 0.15) is 0 Å². The van der Waals surface area contributed by atoms with Crippen molar-refractivity contribution in [3.8, 4) is 22.9 Å². The lowest BCUT2D eigenvalue weighted by atomic mass is 10.2. The maximum Gasteiger partial charge on any atom is 0.309 e. The minimum Gasteiger partial charge on any atom is -0.494 e. The monoisotopic (exact) mass is 381 g/mol. The summed E-state index contributed by atoms with van der Waals surface area (Å²) in [5.74, 6) is 0.761. The van der Waals surface area contributed by atoms with Gasteiger partial charge in [0.25, 0.3) is 0 Å². The summed E-state index contributed by atoms with van der Waals surface area (Å²) in [7, 11) is 0. The first-order valence-corrected chi connectivity index (χ1v) is 9.63. The highest BCUT2D eigenvalue weighted by atomic mass is 32.1. The molecule has 0 bridgehead atoms. The summed E-state index contributed by atoms with van der Waals surface area (Å²) in [6, 6.07) is 13.9. The summed E-state index contributed by atoms with van der Waals surface area (Å²) in [5.41, 5.74) is 2.75. The van der Waals surface area contributed by atoms with E-state index in [1.54, 1.807) is 0 Å². The summed E-state index contributed by atoms with van der Waals surface area (Å²) in [4.78, 5) is 16.1. The first kappa shape index (κ1) is 17.4. The van der Waals surface area contributed by atoms with Crippen LogP contribution in [0.3, 0.4) is 0 Å². The average Bonchev–Trinajstić information content (AvgIpc) is 3.27. The zero-order chi connectivity index (χ0) is 18.6. The minimum atomic E-state index is -0.135. The summed E-state index contributed by atoms with van der Waals surface area (Å²) in [6.45, 7) is 1.01. The van der Waals surface area contributed by atoms with E-state index in [2.05, 4.69) is 0 Å². The van der Waals surface area contributed by atoms with Crippen molar-refractivity contribution >= 4 is 17.0 Å². The van der Waals surface area contributed by atoms with Crippen LogP contribution in [-0.2, 0) is 6.54 Å². The number of hydrogen-bond acceptors (Lipinski definition) is 5. The third kappa shape index (κ3) is 3.73. The number of unbranched alkanes of at least 4 members (excludes halogenated alkanes) is 1. The Balaban J connectivity index is 1.40. The number of fused-ring (bicyclic) bond motifs is 1. The first-order chi connectivity index (χ1) is 13.2. The van der Waals surface area contributed by atoms with E-state index in [1.807, 2.05) is 59.3 Å². The Kier molecular flexibility index (Phi) is 4.93. The molecule has 0 amide bonds. The first-order valence-electron chi connectivity index (χ1n) is 8.75. The smallest absolute Gasteiger partial charge is 0.309 e. The molecule has 1 aromatic carbocycles. The van der Waals surface area contributed by atoms with Crippen LogP contribution in [0, 0.1) is 0 Å². The van der Waals surface area contributed by atoms with Crippen LogP contribution < -0.4 is 9.61 Å². The number of benzene rings is 1. The lowest BCUT2D eigenvalue weighted by molar-refractivity contribution is 0.302. The molecule has 1 N–H and O–H groups in total. The molecule has 0 fully saturated rings. The van der Waals surface area contributed by atoms with Crippen LogP contribution in [0.2, 0.25) is 0 Å². The molecule has 138 valence electrons. The summed E-state index contributed by atoms with van der Waals surface area (Å²) >= 11 is 1.01. The fraction of sp³-hybridized carbons (Fsp3) is 0.200. The largest absolute Gasteiger partial charge is 0.494 e. The third-order valence-corrected chi connectivity index (χ3v) is 5.06. The van der Waals surface area contributed by atoms with Crippen molar-refractivity contribution in [1.29, 1.82) is 0 Å². The maximum absolute atomic E-state index is 11.6. The Morgan fingerprint density at radius 1 is 1.11 bits per heavy atom. The molecule has 0 aliphatic rings. The molecule has 0 unspecified atom stereocenters. The topological polar surface area (TPSA) is 68.8 Å². The number of rotatable bonds is 7. The second-order valence-corrected chi connectivity index (χ2v) is 6.98. The predicted molar refractivity (Wildman–Crippen MR) is 106 cm³/mol. The van der Waals surface area contributed by atoms with Gasteiger partial charge in [-0.25, -0.2) is 4.98 Å². The minimum absolute atomic E-state index is 0.0292. The van der Waals surface area contributed by atoms with E-state index in [1.165, 1.54) is 9.95 Å². The van der Waals surface area contributed by atoms with Gasteiger partial charge in [0, 0.05) is 24.5 Å². The van der Waals surface area contributed by atoms with Gasteiger partial charge in [-0.15, -0.1) is 0 Å². The zero-order valence-electron chi connectivity index (χ0n) is 14.6. The Bertz CT molecular complexity index is 1100. The molecule has 3 heterocycles. The van der Waals surface area contributed by atoms with Crippen LogP contribution in [0.15, 0.2) is 65.0 Å². The van der Waals surface area contributed by atoms with Crippen LogP contribution in [-0.4, -0.2) is 25.7 Å². The number of hydrogen-bond donors (Lipinski definition) is 1. The molecule has 4 rings (SSSR count). The van der Waals surface area contributed by atoms with Gasteiger partial charge in [-0.3, -0.25) is 9.36 Å². The molecule has 0 aliphatic carbocycles. The molecule has 0 saturated heterocycles. The van der Waals surface area contributed by atoms with Crippen molar-refractivity contribution in [2.45, 2.75) is 19.4 Å². The van der Waals surface area contributed by atoms with Gasteiger partial charge < -0.3 is 14.2 Å². The molecular formula is C20H19N3O3S. The average molecular weight is 381 g/mol. The Morgan fingerprint density at radius 3 is 2.74 bits per heavy atom. The Hall–Kier alpha value is -3.06. The molecule has 4 aromatic rings. The van der Waals surface area contributed by atoms with Crippen LogP contribution in [0.4, 0.5) is 0 Å². The molecule has 0 radical (unpaired) electrons. The van der Waals surface area contributed by atoms with E-state index in [-0.39, 0.29) is 10.8 Å². The summed E-state index contributed by atoms with van der Waals surface area (Å²) in [6.07, 6.45) is 5.46. The number of pyridine rings is 1. The van der Waals surface area contributed by atoms with E-state index in [0.29, 0.717) is 13.2 Å². The van der Waals surface area contributed by atoms with E-state index in [9.17, 15) is 9.90 Å². The number of aromatic hydroxyl groups is 1. The van der Waals surface area contributed by atoms with Crippen molar-refractivity contribution in [3.63, 3.8) is 0 Å². The summed E-state index contributed by atoms with van der Waals surface area (Å²) < 4.78 is 9.26. The standard InChI is InChI=1S/C20H19N3O3S/c24-18-14-27-20(25)23(18)11-4-5-12-26-17-9-6-10-22-13-16(21-19(17)22)15-7-2-1-3-8-15/h1-3,6-10,13-14,24H,4-5,11-12H2. The molecule has 0 spiro atoms. The van der Waals surface area contributed by atoms with Gasteiger partial charge in [-0.05, 0) is 25.0 Å². The number of ether oxygens (including phenoxy) is 1. The number of thiazole rings is 1. The fourth-order valence-electron chi connectivity index (χ4n) is 2.93. The maximum atomic E-state index is 11.6. The quantitative estimate of drug-likeness (QED) is 0.495. The number of imidazole rings is 1. The number of nitrogens with zero attached hydrogens (tertiary/aromatic N) is 3. The highest BCUT2D eigenvalue weighted by molar-refractivity contribution is 7.07. The van der Waals surface area contributed by atoms with E-state index >= 15 is 0 Å². The van der Waals surface area contributed by atoms with Gasteiger partial charge in [0.2, 0.25) is 5.88 Å². The van der Waals surface area contributed by atoms with Crippen LogP contribution >= 0.6 is 11.3 Å². The molecule has 3 aromatic heterocycles. The van der Waals surface area contributed by atoms with Gasteiger partial charge in [-0.1, -0.05) is 41.7 Å². The molecule has 0 saturated carbocycles. The van der Waals surface area contributed by atoms with Crippen LogP contribution in [0.1, 0.15) is 12.8 Å². The van der Waals surface area contributed by atoms with Crippen LogP contribution in [0.25, 0.3) is 16.9 Å². The molecule has 0 aliphatic heterocycles. The highest BCUT2D eigenvalue weighted by Crippen LogP contribution is 2.24. The Morgan fingerprint density at radius 2 is 1.96 bits per heavy atom. The highest BCUT2D eigenvalue weighted by Gasteiger charge is 2.09. The van der Waals surface area contributed by atoms with E-state index in [0.717, 1.165) is 46.8 Å². The lowest BCUT2D eigenvalue weighted by Crippen LogP contribution is -2.13. The molecule has 0 atom stereocenters. The fourth-order valence-corrected chi connectivity index (χ4v) is 3.58. The third-order valence-electron chi connectivity index (χ3n) is 4.31. The van der Waals surface area contributed by atoms with Crippen LogP contribution in [0.5, 0.6) is 11.6 Å². The molecule has 27 heavy (non-hydrogen) atoms. The van der Waals surface area contributed by atoms with Crippen molar-refractivity contribution in [2.75, 3.05) is 6.61 Å². The molecular weight excluding hydrogens is 362 g/mol. The van der Waals surface area contributed by atoms with Gasteiger partial charge >= 0.3 is 4.87 Å². The summed E-state index contributed by atoms with van der Waals surface area (Å²) in [5, 5.41) is 11.1. The second kappa shape index (κ2) is 7.67. The van der Waals surface area contributed by atoms with Crippen molar-refractivity contribution < 1.29 is 9.84 Å². The normalized spacial score (nSPS) is 11.1. The second-order valence-electron chi connectivity index (χ2n) is 6.16.